The largest absolute Gasteiger partial charge is 0.492 e. The molecule has 1 heterocycles. The highest BCUT2D eigenvalue weighted by Crippen LogP contribution is 2.33. The number of nitrogens with one attached hydrogen (secondary N) is 1. The van der Waals surface area contributed by atoms with Gasteiger partial charge in [-0.3, -0.25) is 4.79 Å². The van der Waals surface area contributed by atoms with Crippen molar-refractivity contribution in [3.63, 3.8) is 0 Å². The number of carbonyl (C=O) groups excluding carboxylic acids is 1. The molecule has 0 atom stereocenters. The van der Waals surface area contributed by atoms with Crippen LogP contribution < -0.4 is 10.1 Å². The molecule has 0 saturated carbocycles. The van der Waals surface area contributed by atoms with E-state index in [2.05, 4.69) is 5.32 Å². The van der Waals surface area contributed by atoms with Crippen LogP contribution in [0.15, 0.2) is 41.3 Å². The van der Waals surface area contributed by atoms with Crippen molar-refractivity contribution in [2.45, 2.75) is 24.7 Å². The van der Waals surface area contributed by atoms with Gasteiger partial charge in [-0.25, -0.2) is 8.42 Å². The average molecular weight is 492 g/mol. The van der Waals surface area contributed by atoms with Crippen LogP contribution >= 0.6 is 34.8 Å². The van der Waals surface area contributed by atoms with Gasteiger partial charge in [0.25, 0.3) is 0 Å². The minimum atomic E-state index is -3.80. The van der Waals surface area contributed by atoms with Gasteiger partial charge in [0, 0.05) is 29.1 Å². The van der Waals surface area contributed by atoms with Crippen LogP contribution in [0.5, 0.6) is 5.75 Å². The van der Waals surface area contributed by atoms with Crippen LogP contribution in [0.1, 0.15) is 19.8 Å². The minimum Gasteiger partial charge on any atom is -0.492 e. The molecule has 1 saturated heterocycles. The molecule has 3 rings (SSSR count). The summed E-state index contributed by atoms with van der Waals surface area (Å²) in [5, 5.41) is 3.93. The van der Waals surface area contributed by atoms with Gasteiger partial charge >= 0.3 is 0 Å². The molecule has 6 nitrogen and oxygen atoms in total. The number of hydrogen-bond donors (Lipinski definition) is 1. The molecule has 1 aliphatic heterocycles. The van der Waals surface area contributed by atoms with Crippen molar-refractivity contribution in [3.8, 4) is 5.75 Å². The summed E-state index contributed by atoms with van der Waals surface area (Å²) >= 11 is 18.0. The molecule has 2 aromatic rings. The summed E-state index contributed by atoms with van der Waals surface area (Å²) in [5.41, 5.74) is 0.474. The first kappa shape index (κ1) is 23.2. The number of rotatable bonds is 6. The van der Waals surface area contributed by atoms with E-state index in [0.29, 0.717) is 40.2 Å². The Kier molecular flexibility index (Phi) is 7.52. The number of benzene rings is 2. The van der Waals surface area contributed by atoms with E-state index < -0.39 is 10.0 Å². The molecule has 1 N–H and O–H groups in total. The number of anilines is 1. The lowest BCUT2D eigenvalue weighted by Crippen LogP contribution is -2.41. The van der Waals surface area contributed by atoms with Gasteiger partial charge in [0.05, 0.1) is 17.3 Å². The lowest BCUT2D eigenvalue weighted by molar-refractivity contribution is -0.120. The second-order valence-corrected chi connectivity index (χ2v) is 10.0. The van der Waals surface area contributed by atoms with Crippen LogP contribution in [-0.4, -0.2) is 38.3 Å². The Hall–Kier alpha value is -1.51. The van der Waals surface area contributed by atoms with E-state index in [9.17, 15) is 13.2 Å². The van der Waals surface area contributed by atoms with Crippen molar-refractivity contribution in [2.75, 3.05) is 25.0 Å². The smallest absolute Gasteiger partial charge is 0.246 e. The fourth-order valence-electron chi connectivity index (χ4n) is 3.28. The van der Waals surface area contributed by atoms with Gasteiger partial charge in [-0.1, -0.05) is 34.8 Å². The van der Waals surface area contributed by atoms with Crippen molar-refractivity contribution in [1.82, 2.24) is 4.31 Å². The molecule has 10 heteroatoms. The van der Waals surface area contributed by atoms with Crippen LogP contribution in [0, 0.1) is 5.92 Å². The van der Waals surface area contributed by atoms with Crippen LogP contribution in [0.3, 0.4) is 0 Å². The van der Waals surface area contributed by atoms with E-state index in [4.69, 9.17) is 39.5 Å². The van der Waals surface area contributed by atoms with Crippen LogP contribution in [0.4, 0.5) is 5.69 Å². The maximum Gasteiger partial charge on any atom is 0.246 e. The fourth-order valence-corrected chi connectivity index (χ4v) is 5.60. The first-order valence-corrected chi connectivity index (χ1v) is 12.0. The van der Waals surface area contributed by atoms with E-state index in [1.165, 1.54) is 10.4 Å². The van der Waals surface area contributed by atoms with E-state index in [-0.39, 0.29) is 35.6 Å². The summed E-state index contributed by atoms with van der Waals surface area (Å²) in [6.45, 7) is 2.54. The molecule has 2 aromatic carbocycles. The first-order valence-electron chi connectivity index (χ1n) is 9.40. The average Bonchev–Trinajstić information content (AvgIpc) is 2.71. The Morgan fingerprint density at radius 1 is 1.10 bits per heavy atom. The molecule has 0 aromatic heterocycles. The van der Waals surface area contributed by atoms with Gasteiger partial charge in [-0.2, -0.15) is 4.31 Å². The maximum atomic E-state index is 13.1. The third-order valence-corrected chi connectivity index (χ3v) is 7.54. The van der Waals surface area contributed by atoms with Gasteiger partial charge in [0.2, 0.25) is 15.9 Å². The first-order chi connectivity index (χ1) is 14.2. The zero-order chi connectivity index (χ0) is 21.9. The van der Waals surface area contributed by atoms with E-state index >= 15 is 0 Å². The van der Waals surface area contributed by atoms with E-state index in [1.807, 2.05) is 0 Å². The highest BCUT2D eigenvalue weighted by Gasteiger charge is 2.34. The predicted octanol–water partition coefficient (Wildman–Crippen LogP) is 5.08. The highest BCUT2D eigenvalue weighted by molar-refractivity contribution is 7.89. The number of piperidine rings is 1. The molecular formula is C20H21Cl3N2O4S. The molecule has 0 radical (unpaired) electrons. The Bertz CT molecular complexity index is 1040. The second-order valence-electron chi connectivity index (χ2n) is 6.82. The Balaban J connectivity index is 1.69. The molecule has 0 spiro atoms. The van der Waals surface area contributed by atoms with Gasteiger partial charge < -0.3 is 10.1 Å². The molecule has 1 amide bonds. The molecule has 0 unspecified atom stereocenters. The van der Waals surface area contributed by atoms with Crippen molar-refractivity contribution in [2.24, 2.45) is 5.92 Å². The van der Waals surface area contributed by atoms with Crippen LogP contribution in [0.2, 0.25) is 15.1 Å². The highest BCUT2D eigenvalue weighted by atomic mass is 35.5. The standard InChI is InChI=1S/C20H21Cl3N2O4S/c1-2-29-18-6-4-15(22)12-19(18)30(27,28)25-9-7-13(8-10-25)20(26)24-17-5-3-14(21)11-16(17)23/h3-6,11-13H,2,7-10H2,1H3,(H,24,26). The van der Waals surface area contributed by atoms with Crippen molar-refractivity contribution in [3.05, 3.63) is 51.5 Å². The lowest BCUT2D eigenvalue weighted by Gasteiger charge is -2.31. The van der Waals surface area contributed by atoms with E-state index in [0.717, 1.165) is 0 Å². The number of amides is 1. The summed E-state index contributed by atoms with van der Waals surface area (Å²) in [4.78, 5) is 12.6. The molecule has 1 aliphatic rings. The minimum absolute atomic E-state index is 0.0349. The van der Waals surface area contributed by atoms with Gasteiger partial charge in [0.1, 0.15) is 10.6 Å². The number of halogens is 3. The van der Waals surface area contributed by atoms with Crippen molar-refractivity contribution in [1.29, 1.82) is 0 Å². The van der Waals surface area contributed by atoms with Gasteiger partial charge in [-0.15, -0.1) is 0 Å². The SMILES string of the molecule is CCOc1ccc(Cl)cc1S(=O)(=O)N1CCC(C(=O)Nc2ccc(Cl)cc2Cl)CC1. The zero-order valence-electron chi connectivity index (χ0n) is 16.2. The normalized spacial score (nSPS) is 15.7. The summed E-state index contributed by atoms with van der Waals surface area (Å²) in [6.07, 6.45) is 0.779. The third kappa shape index (κ3) is 5.21. The maximum absolute atomic E-state index is 13.1. The molecule has 0 bridgehead atoms. The third-order valence-electron chi connectivity index (χ3n) is 4.84. The quantitative estimate of drug-likeness (QED) is 0.611. The molecule has 0 aliphatic carbocycles. The monoisotopic (exact) mass is 490 g/mol. The predicted molar refractivity (Wildman–Crippen MR) is 119 cm³/mol. The van der Waals surface area contributed by atoms with Gasteiger partial charge in [0.15, 0.2) is 0 Å². The Morgan fingerprint density at radius 2 is 1.73 bits per heavy atom. The second kappa shape index (κ2) is 9.75. The molecular weight excluding hydrogens is 471 g/mol. The van der Waals surface area contributed by atoms with E-state index in [1.54, 1.807) is 37.3 Å². The number of ether oxygens (including phenoxy) is 1. The molecule has 162 valence electrons. The summed E-state index contributed by atoms with van der Waals surface area (Å²) in [5.74, 6) is -0.262. The Labute approximate surface area is 191 Å². The number of nitrogens with zero attached hydrogens (tertiary/aromatic N) is 1. The zero-order valence-corrected chi connectivity index (χ0v) is 19.3. The van der Waals surface area contributed by atoms with Crippen molar-refractivity contribution < 1.29 is 17.9 Å². The number of sulfonamides is 1. The van der Waals surface area contributed by atoms with Crippen LogP contribution in [0.25, 0.3) is 0 Å². The topological polar surface area (TPSA) is 75.7 Å². The van der Waals surface area contributed by atoms with Crippen LogP contribution in [-0.2, 0) is 14.8 Å². The fraction of sp³-hybridized carbons (Fsp3) is 0.350. The lowest BCUT2D eigenvalue weighted by atomic mass is 9.97. The number of carbonyl (C=O) groups is 1. The molecule has 1 fully saturated rings. The van der Waals surface area contributed by atoms with Gasteiger partial charge in [-0.05, 0) is 56.2 Å². The summed E-state index contributed by atoms with van der Waals surface area (Å²) in [7, 11) is -3.80. The summed E-state index contributed by atoms with van der Waals surface area (Å²) < 4.78 is 33.1. The Morgan fingerprint density at radius 3 is 2.37 bits per heavy atom. The molecule has 30 heavy (non-hydrogen) atoms. The van der Waals surface area contributed by atoms with Crippen molar-refractivity contribution >= 4 is 56.4 Å². The number of hydrogen-bond acceptors (Lipinski definition) is 4. The summed E-state index contributed by atoms with van der Waals surface area (Å²) in [6, 6.07) is 9.35.